The fourth-order valence-electron chi connectivity index (χ4n) is 3.70. The molecular formula is C17H20ClNO. The number of fused-ring (bicyclic) bond motifs is 2. The van der Waals surface area contributed by atoms with Gasteiger partial charge in [0.2, 0.25) is 5.91 Å². The zero-order valence-electron chi connectivity index (χ0n) is 12.1. The van der Waals surface area contributed by atoms with Crippen LogP contribution in [0.15, 0.2) is 24.3 Å². The van der Waals surface area contributed by atoms with Crippen LogP contribution in [0, 0.1) is 0 Å². The van der Waals surface area contributed by atoms with Crippen LogP contribution in [0.1, 0.15) is 43.2 Å². The molecule has 1 amide bonds. The minimum Gasteiger partial charge on any atom is -0.345 e. The summed E-state index contributed by atoms with van der Waals surface area (Å²) in [6.07, 6.45) is 7.82. The number of hydrogen-bond acceptors (Lipinski definition) is 1. The van der Waals surface area contributed by atoms with Gasteiger partial charge in [0.05, 0.1) is 0 Å². The Hall–Kier alpha value is -1.28. The van der Waals surface area contributed by atoms with Crippen molar-refractivity contribution in [3.63, 3.8) is 0 Å². The molecule has 2 nitrogen and oxygen atoms in total. The quantitative estimate of drug-likeness (QED) is 0.715. The van der Waals surface area contributed by atoms with E-state index in [1.54, 1.807) is 25.1 Å². The van der Waals surface area contributed by atoms with Crippen LogP contribution < -0.4 is 0 Å². The number of likely N-dealkylation sites (N-methyl/N-ethyl adjacent to an activating group) is 1. The van der Waals surface area contributed by atoms with Crippen molar-refractivity contribution in [2.45, 2.75) is 37.5 Å². The average molecular weight is 290 g/mol. The van der Waals surface area contributed by atoms with Crippen LogP contribution >= 0.6 is 11.6 Å². The fourth-order valence-corrected chi connectivity index (χ4v) is 3.88. The lowest BCUT2D eigenvalue weighted by Gasteiger charge is -2.23. The summed E-state index contributed by atoms with van der Waals surface area (Å²) >= 11 is 6.16. The van der Waals surface area contributed by atoms with Crippen LogP contribution in [-0.2, 0) is 10.2 Å². The first-order valence-electron chi connectivity index (χ1n) is 7.24. The number of halogens is 1. The van der Waals surface area contributed by atoms with E-state index >= 15 is 0 Å². The number of carbonyl (C=O) groups is 1. The van der Waals surface area contributed by atoms with E-state index in [2.05, 4.69) is 6.07 Å². The van der Waals surface area contributed by atoms with Crippen LogP contribution in [-0.4, -0.2) is 24.9 Å². The lowest BCUT2D eigenvalue weighted by Crippen LogP contribution is -2.20. The Morgan fingerprint density at radius 2 is 2.00 bits per heavy atom. The summed E-state index contributed by atoms with van der Waals surface area (Å²) in [5.41, 5.74) is 4.01. The van der Waals surface area contributed by atoms with Gasteiger partial charge in [-0.1, -0.05) is 30.5 Å². The Morgan fingerprint density at radius 1 is 1.30 bits per heavy atom. The smallest absolute Gasteiger partial charge is 0.246 e. The number of rotatable bonds is 1. The van der Waals surface area contributed by atoms with Gasteiger partial charge in [-0.15, -0.1) is 0 Å². The number of nitrogens with zero attached hydrogens (tertiary/aromatic N) is 1. The van der Waals surface area contributed by atoms with E-state index in [0.29, 0.717) is 0 Å². The summed E-state index contributed by atoms with van der Waals surface area (Å²) in [5.74, 6) is 0.0565. The van der Waals surface area contributed by atoms with Gasteiger partial charge in [-0.2, -0.15) is 0 Å². The van der Waals surface area contributed by atoms with Crippen molar-refractivity contribution in [2.24, 2.45) is 0 Å². The molecule has 0 aromatic heterocycles. The van der Waals surface area contributed by atoms with Crippen molar-refractivity contribution in [1.29, 1.82) is 0 Å². The molecule has 3 rings (SSSR count). The molecule has 0 atom stereocenters. The lowest BCUT2D eigenvalue weighted by molar-refractivity contribution is -0.123. The maximum Gasteiger partial charge on any atom is 0.246 e. The second kappa shape index (κ2) is 4.92. The second-order valence-corrected chi connectivity index (χ2v) is 6.69. The summed E-state index contributed by atoms with van der Waals surface area (Å²) in [6, 6.07) is 6.18. The van der Waals surface area contributed by atoms with Crippen molar-refractivity contribution < 1.29 is 4.79 Å². The highest BCUT2D eigenvalue weighted by Gasteiger charge is 2.43. The standard InChI is InChI=1S/C17H20ClNO/c1-19(2)16(20)9-12-11-17(7-3-4-8-17)15-6-5-13(18)10-14(12)15/h5-6,9-10H,3-4,7-8,11H2,1-2H3. The van der Waals surface area contributed by atoms with E-state index in [4.69, 9.17) is 11.6 Å². The normalized spacial score (nSPS) is 21.4. The molecule has 20 heavy (non-hydrogen) atoms. The average Bonchev–Trinajstić information content (AvgIpc) is 2.97. The second-order valence-electron chi connectivity index (χ2n) is 6.26. The molecule has 0 unspecified atom stereocenters. The molecule has 0 radical (unpaired) electrons. The highest BCUT2D eigenvalue weighted by atomic mass is 35.5. The molecule has 1 spiro atoms. The van der Waals surface area contributed by atoms with Gasteiger partial charge >= 0.3 is 0 Å². The number of allylic oxidation sites excluding steroid dienone is 1. The lowest BCUT2D eigenvalue weighted by atomic mass is 9.80. The maximum absolute atomic E-state index is 12.0. The van der Waals surface area contributed by atoms with Crippen molar-refractivity contribution in [1.82, 2.24) is 4.90 Å². The van der Waals surface area contributed by atoms with Gasteiger partial charge in [-0.05, 0) is 53.5 Å². The molecule has 0 saturated heterocycles. The third-order valence-corrected chi connectivity index (χ3v) is 4.96. The summed E-state index contributed by atoms with van der Waals surface area (Å²) < 4.78 is 0. The van der Waals surface area contributed by atoms with E-state index in [1.165, 1.54) is 36.8 Å². The molecule has 1 aromatic carbocycles. The first kappa shape index (κ1) is 13.7. The third kappa shape index (κ3) is 2.16. The van der Waals surface area contributed by atoms with Crippen LogP contribution in [0.25, 0.3) is 5.57 Å². The predicted molar refractivity (Wildman–Crippen MR) is 82.9 cm³/mol. The molecule has 106 valence electrons. The first-order valence-corrected chi connectivity index (χ1v) is 7.62. The molecule has 2 aliphatic rings. The Bertz CT molecular complexity index is 583. The van der Waals surface area contributed by atoms with Gasteiger partial charge in [-0.3, -0.25) is 4.79 Å². The number of hydrogen-bond donors (Lipinski definition) is 0. The van der Waals surface area contributed by atoms with Crippen LogP contribution in [0.4, 0.5) is 0 Å². The Morgan fingerprint density at radius 3 is 2.65 bits per heavy atom. The Labute approximate surface area is 125 Å². The molecule has 2 aliphatic carbocycles. The van der Waals surface area contributed by atoms with E-state index in [-0.39, 0.29) is 11.3 Å². The molecule has 0 bridgehead atoms. The molecule has 3 heteroatoms. The van der Waals surface area contributed by atoms with Crippen molar-refractivity contribution in [3.05, 3.63) is 40.4 Å². The highest BCUT2D eigenvalue weighted by molar-refractivity contribution is 6.30. The van der Waals surface area contributed by atoms with Crippen LogP contribution in [0.5, 0.6) is 0 Å². The monoisotopic (exact) mass is 289 g/mol. The summed E-state index contributed by atoms with van der Waals surface area (Å²) in [7, 11) is 3.58. The molecule has 1 saturated carbocycles. The van der Waals surface area contributed by atoms with E-state index in [9.17, 15) is 4.79 Å². The number of benzene rings is 1. The van der Waals surface area contributed by atoms with Gasteiger partial charge in [0, 0.05) is 25.2 Å². The molecule has 0 heterocycles. The molecule has 0 N–H and O–H groups in total. The SMILES string of the molecule is CN(C)C(=O)C=C1CC2(CCCC2)c2ccc(Cl)cc21. The van der Waals surface area contributed by atoms with Gasteiger partial charge in [0.1, 0.15) is 0 Å². The molecular weight excluding hydrogens is 270 g/mol. The van der Waals surface area contributed by atoms with Crippen molar-refractivity contribution >= 4 is 23.1 Å². The van der Waals surface area contributed by atoms with Crippen LogP contribution in [0.2, 0.25) is 5.02 Å². The fraction of sp³-hybridized carbons (Fsp3) is 0.471. The predicted octanol–water partition coefficient (Wildman–Crippen LogP) is 4.03. The van der Waals surface area contributed by atoms with E-state index in [1.807, 2.05) is 12.1 Å². The molecule has 1 fully saturated rings. The number of amides is 1. The third-order valence-electron chi connectivity index (χ3n) is 4.73. The van der Waals surface area contributed by atoms with Gasteiger partial charge in [0.15, 0.2) is 0 Å². The van der Waals surface area contributed by atoms with Crippen molar-refractivity contribution in [2.75, 3.05) is 14.1 Å². The zero-order chi connectivity index (χ0) is 14.3. The first-order chi connectivity index (χ1) is 9.52. The minimum absolute atomic E-state index is 0.0565. The van der Waals surface area contributed by atoms with E-state index in [0.717, 1.165) is 17.0 Å². The van der Waals surface area contributed by atoms with Gasteiger partial charge in [0.25, 0.3) is 0 Å². The van der Waals surface area contributed by atoms with Gasteiger partial charge < -0.3 is 4.90 Å². The topological polar surface area (TPSA) is 20.3 Å². The number of carbonyl (C=O) groups excluding carboxylic acids is 1. The Balaban J connectivity index is 2.08. The maximum atomic E-state index is 12.0. The van der Waals surface area contributed by atoms with Gasteiger partial charge in [-0.25, -0.2) is 0 Å². The summed E-state index contributed by atoms with van der Waals surface area (Å²) in [6.45, 7) is 0. The summed E-state index contributed by atoms with van der Waals surface area (Å²) in [5, 5.41) is 0.752. The Kier molecular flexibility index (Phi) is 3.37. The van der Waals surface area contributed by atoms with Crippen molar-refractivity contribution in [3.8, 4) is 0 Å². The van der Waals surface area contributed by atoms with E-state index < -0.39 is 0 Å². The largest absolute Gasteiger partial charge is 0.345 e. The zero-order valence-corrected chi connectivity index (χ0v) is 12.8. The molecule has 1 aromatic rings. The minimum atomic E-state index is 0.0565. The summed E-state index contributed by atoms with van der Waals surface area (Å²) in [4.78, 5) is 13.6. The highest BCUT2D eigenvalue weighted by Crippen LogP contribution is 2.54. The molecule has 0 aliphatic heterocycles. The van der Waals surface area contributed by atoms with Crippen LogP contribution in [0.3, 0.4) is 0 Å².